The van der Waals surface area contributed by atoms with Gasteiger partial charge in [0.15, 0.2) is 0 Å². The van der Waals surface area contributed by atoms with Crippen LogP contribution in [0, 0.1) is 0 Å². The topological polar surface area (TPSA) is 64.3 Å². The van der Waals surface area contributed by atoms with Crippen molar-refractivity contribution in [1.82, 2.24) is 5.32 Å². The van der Waals surface area contributed by atoms with E-state index in [1.165, 1.54) is 7.11 Å². The molecule has 0 aromatic rings. The molecule has 0 spiro atoms. The minimum Gasteiger partial charge on any atom is -0.469 e. The van der Waals surface area contributed by atoms with E-state index in [2.05, 4.69) is 10.1 Å². The molecule has 0 heterocycles. The Labute approximate surface area is 79.8 Å². The average molecular weight is 188 g/mol. The van der Waals surface area contributed by atoms with Crippen molar-refractivity contribution in [2.45, 2.75) is 38.8 Å². The Hall–Kier alpha value is -0.610. The van der Waals surface area contributed by atoms with Crippen LogP contribution in [0.5, 0.6) is 0 Å². The van der Waals surface area contributed by atoms with Gasteiger partial charge in [0.05, 0.1) is 13.5 Å². The number of rotatable bonds is 6. The average Bonchev–Trinajstić information content (AvgIpc) is 2.16. The molecule has 0 saturated heterocycles. The Morgan fingerprint density at radius 2 is 2.23 bits per heavy atom. The second-order valence-electron chi connectivity index (χ2n) is 3.19. The van der Waals surface area contributed by atoms with Gasteiger partial charge in [-0.25, -0.2) is 0 Å². The van der Waals surface area contributed by atoms with Gasteiger partial charge in [-0.1, -0.05) is 6.92 Å². The summed E-state index contributed by atoms with van der Waals surface area (Å²) in [4.78, 5) is 11.0. The molecule has 0 radical (unpaired) electrons. The van der Waals surface area contributed by atoms with Gasteiger partial charge in [0.25, 0.3) is 0 Å². The van der Waals surface area contributed by atoms with E-state index < -0.39 is 0 Å². The molecular formula is C9H20N2O2. The van der Waals surface area contributed by atoms with Crippen molar-refractivity contribution < 1.29 is 9.53 Å². The van der Waals surface area contributed by atoms with E-state index in [0.29, 0.717) is 13.0 Å². The van der Waals surface area contributed by atoms with Crippen LogP contribution in [0.15, 0.2) is 0 Å². The fraction of sp³-hybridized carbons (Fsp3) is 0.889. The molecular weight excluding hydrogens is 168 g/mol. The van der Waals surface area contributed by atoms with Crippen LogP contribution < -0.4 is 11.1 Å². The Kier molecular flexibility index (Phi) is 6.54. The minimum atomic E-state index is -0.177. The van der Waals surface area contributed by atoms with Crippen molar-refractivity contribution >= 4 is 5.97 Å². The van der Waals surface area contributed by atoms with Gasteiger partial charge in [0.1, 0.15) is 0 Å². The van der Waals surface area contributed by atoms with Crippen LogP contribution in [0.3, 0.4) is 0 Å². The molecule has 0 aliphatic heterocycles. The van der Waals surface area contributed by atoms with Crippen LogP contribution in [0.1, 0.15) is 26.7 Å². The molecule has 0 aromatic heterocycles. The number of carbonyl (C=O) groups is 1. The van der Waals surface area contributed by atoms with Crippen LogP contribution >= 0.6 is 0 Å². The summed E-state index contributed by atoms with van der Waals surface area (Å²) in [6.45, 7) is 4.61. The van der Waals surface area contributed by atoms with Crippen molar-refractivity contribution in [3.63, 3.8) is 0 Å². The number of ether oxygens (including phenoxy) is 1. The Morgan fingerprint density at radius 3 is 2.62 bits per heavy atom. The predicted octanol–water partition coefficient (Wildman–Crippen LogP) is 0.265. The highest BCUT2D eigenvalue weighted by Crippen LogP contribution is 2.00. The zero-order valence-corrected chi connectivity index (χ0v) is 8.67. The normalized spacial score (nSPS) is 15.1. The third-order valence-electron chi connectivity index (χ3n) is 2.01. The molecule has 4 heteroatoms. The van der Waals surface area contributed by atoms with Crippen molar-refractivity contribution in [2.24, 2.45) is 5.73 Å². The maximum Gasteiger partial charge on any atom is 0.307 e. The molecule has 0 fully saturated rings. The van der Waals surface area contributed by atoms with Gasteiger partial charge in [-0.05, 0) is 13.3 Å². The van der Waals surface area contributed by atoms with E-state index in [9.17, 15) is 4.79 Å². The van der Waals surface area contributed by atoms with E-state index >= 15 is 0 Å². The molecule has 2 atom stereocenters. The van der Waals surface area contributed by atoms with Crippen LogP contribution in [-0.4, -0.2) is 31.7 Å². The highest BCUT2D eigenvalue weighted by Gasteiger charge is 2.13. The molecule has 1 unspecified atom stereocenters. The van der Waals surface area contributed by atoms with Crippen molar-refractivity contribution in [3.8, 4) is 0 Å². The van der Waals surface area contributed by atoms with Gasteiger partial charge in [-0.3, -0.25) is 4.79 Å². The standard InChI is InChI=1S/C9H20N2O2/c1-4-8(5-9(12)13-3)11-7(2)6-10/h7-8,11H,4-6,10H2,1-3H3/t7-,8?/m1/s1. The van der Waals surface area contributed by atoms with Gasteiger partial charge in [0.2, 0.25) is 0 Å². The number of methoxy groups -OCH3 is 1. The third kappa shape index (κ3) is 5.60. The monoisotopic (exact) mass is 188 g/mol. The van der Waals surface area contributed by atoms with E-state index in [0.717, 1.165) is 6.42 Å². The largest absolute Gasteiger partial charge is 0.469 e. The first-order valence-electron chi connectivity index (χ1n) is 4.66. The Bertz CT molecular complexity index is 151. The van der Waals surface area contributed by atoms with Crippen molar-refractivity contribution in [2.75, 3.05) is 13.7 Å². The summed E-state index contributed by atoms with van der Waals surface area (Å²) < 4.78 is 4.59. The number of carbonyl (C=O) groups excluding carboxylic acids is 1. The number of hydrogen-bond acceptors (Lipinski definition) is 4. The summed E-state index contributed by atoms with van der Waals surface area (Å²) in [5.41, 5.74) is 5.46. The van der Waals surface area contributed by atoms with E-state index in [-0.39, 0.29) is 18.1 Å². The first kappa shape index (κ1) is 12.4. The first-order valence-corrected chi connectivity index (χ1v) is 4.66. The summed E-state index contributed by atoms with van der Waals surface area (Å²) in [5, 5.41) is 3.26. The van der Waals surface area contributed by atoms with Gasteiger partial charge >= 0.3 is 5.97 Å². The Morgan fingerprint density at radius 1 is 1.62 bits per heavy atom. The number of nitrogens with one attached hydrogen (secondary N) is 1. The summed E-state index contributed by atoms with van der Waals surface area (Å²) in [6.07, 6.45) is 1.32. The molecule has 0 aliphatic rings. The highest BCUT2D eigenvalue weighted by atomic mass is 16.5. The van der Waals surface area contributed by atoms with Crippen LogP contribution in [0.25, 0.3) is 0 Å². The lowest BCUT2D eigenvalue weighted by atomic mass is 10.1. The molecule has 0 aliphatic carbocycles. The van der Waals surface area contributed by atoms with E-state index in [4.69, 9.17) is 5.73 Å². The van der Waals surface area contributed by atoms with Gasteiger partial charge < -0.3 is 15.8 Å². The van der Waals surface area contributed by atoms with Crippen LogP contribution in [0.4, 0.5) is 0 Å². The molecule has 78 valence electrons. The summed E-state index contributed by atoms with van der Waals surface area (Å²) in [5.74, 6) is -0.177. The second-order valence-corrected chi connectivity index (χ2v) is 3.19. The van der Waals surface area contributed by atoms with Crippen LogP contribution in [-0.2, 0) is 9.53 Å². The van der Waals surface area contributed by atoms with Gasteiger partial charge in [-0.2, -0.15) is 0 Å². The summed E-state index contributed by atoms with van der Waals surface area (Å²) in [7, 11) is 1.40. The van der Waals surface area contributed by atoms with Crippen LogP contribution in [0.2, 0.25) is 0 Å². The maximum absolute atomic E-state index is 11.0. The molecule has 0 aromatic carbocycles. The van der Waals surface area contributed by atoms with Gasteiger partial charge in [0, 0.05) is 18.6 Å². The smallest absolute Gasteiger partial charge is 0.307 e. The number of esters is 1. The van der Waals surface area contributed by atoms with Crippen molar-refractivity contribution in [1.29, 1.82) is 0 Å². The predicted molar refractivity (Wildman–Crippen MR) is 52.4 cm³/mol. The lowest BCUT2D eigenvalue weighted by Crippen LogP contribution is -2.41. The molecule has 0 amide bonds. The highest BCUT2D eigenvalue weighted by molar-refractivity contribution is 5.69. The maximum atomic E-state index is 11.0. The van der Waals surface area contributed by atoms with Gasteiger partial charge in [-0.15, -0.1) is 0 Å². The Balaban J connectivity index is 3.81. The SMILES string of the molecule is CCC(CC(=O)OC)N[C@H](C)CN. The molecule has 3 N–H and O–H groups in total. The lowest BCUT2D eigenvalue weighted by Gasteiger charge is -2.19. The number of hydrogen-bond donors (Lipinski definition) is 2. The number of nitrogens with two attached hydrogens (primary N) is 1. The molecule has 0 rings (SSSR count). The quantitative estimate of drug-likeness (QED) is 0.587. The zero-order valence-electron chi connectivity index (χ0n) is 8.67. The lowest BCUT2D eigenvalue weighted by molar-refractivity contribution is -0.141. The fourth-order valence-corrected chi connectivity index (χ4v) is 1.08. The zero-order chi connectivity index (χ0) is 10.3. The summed E-state index contributed by atoms with van der Waals surface area (Å²) >= 11 is 0. The first-order chi connectivity index (χ1) is 6.13. The molecule has 4 nitrogen and oxygen atoms in total. The van der Waals surface area contributed by atoms with Crippen molar-refractivity contribution in [3.05, 3.63) is 0 Å². The molecule has 0 bridgehead atoms. The van der Waals surface area contributed by atoms with E-state index in [1.54, 1.807) is 0 Å². The second kappa shape index (κ2) is 6.86. The minimum absolute atomic E-state index is 0.172. The summed E-state index contributed by atoms with van der Waals surface area (Å²) in [6, 6.07) is 0.417. The fourth-order valence-electron chi connectivity index (χ4n) is 1.08. The third-order valence-corrected chi connectivity index (χ3v) is 2.01. The molecule has 13 heavy (non-hydrogen) atoms. The van der Waals surface area contributed by atoms with E-state index in [1.807, 2.05) is 13.8 Å². The molecule has 0 saturated carbocycles.